The molecule has 3 aromatic rings. The predicted octanol–water partition coefficient (Wildman–Crippen LogP) is 3.08. The van der Waals surface area contributed by atoms with Gasteiger partial charge in [-0.15, -0.1) is 0 Å². The van der Waals surface area contributed by atoms with Crippen molar-refractivity contribution < 1.29 is 4.39 Å². The summed E-state index contributed by atoms with van der Waals surface area (Å²) in [5, 5.41) is 3.42. The Bertz CT molecular complexity index is 1020. The maximum atomic E-state index is 13.7. The summed E-state index contributed by atoms with van der Waals surface area (Å²) < 4.78 is 13.7. The molecule has 1 aromatic heterocycles. The topological polar surface area (TPSA) is 96.2 Å². The van der Waals surface area contributed by atoms with Crippen LogP contribution in [0.4, 0.5) is 16.0 Å². The van der Waals surface area contributed by atoms with Gasteiger partial charge < -0.3 is 11.1 Å². The molecule has 0 bridgehead atoms. The van der Waals surface area contributed by atoms with E-state index in [0.717, 1.165) is 5.56 Å². The highest BCUT2D eigenvalue weighted by molar-refractivity contribution is 6.31. The molecule has 0 aliphatic rings. The van der Waals surface area contributed by atoms with Gasteiger partial charge in [-0.05, 0) is 42.8 Å². The van der Waals surface area contributed by atoms with Crippen molar-refractivity contribution in [1.82, 2.24) is 9.97 Å². The van der Waals surface area contributed by atoms with Gasteiger partial charge in [-0.25, -0.2) is 9.37 Å². The van der Waals surface area contributed by atoms with Gasteiger partial charge >= 0.3 is 0 Å². The van der Waals surface area contributed by atoms with Crippen molar-refractivity contribution >= 4 is 40.1 Å². The molecule has 4 N–H and O–H groups in total. The minimum atomic E-state index is -0.464. The van der Waals surface area contributed by atoms with E-state index in [9.17, 15) is 9.18 Å². The molecule has 0 saturated carbocycles. The molecule has 0 atom stereocenters. The lowest BCUT2D eigenvalue weighted by molar-refractivity contribution is 0.631. The minimum absolute atomic E-state index is 0.00730. The van der Waals surface area contributed by atoms with Crippen LogP contribution in [0.5, 0.6) is 0 Å². The standard InChI is InChI=1S/C16H13ClFN5O/c1-8-2-4-11(18)13(6-8)20-15(19)23-16-21-12-5-3-9(17)7-10(12)14(24)22-16/h2-7H,1H3,(H4,19,20,21,22,23,24). The number of aryl methyl sites for hydroxylation is 1. The summed E-state index contributed by atoms with van der Waals surface area (Å²) in [5.74, 6) is -0.558. The van der Waals surface area contributed by atoms with Crippen LogP contribution in [0.1, 0.15) is 5.56 Å². The number of aromatic nitrogens is 2. The highest BCUT2D eigenvalue weighted by Gasteiger charge is 2.06. The van der Waals surface area contributed by atoms with Crippen molar-refractivity contribution in [2.45, 2.75) is 6.92 Å². The van der Waals surface area contributed by atoms with Crippen LogP contribution >= 0.6 is 11.6 Å². The Labute approximate surface area is 141 Å². The molecular formula is C16H13ClFN5O. The number of fused-ring (bicyclic) bond motifs is 1. The lowest BCUT2D eigenvalue weighted by Gasteiger charge is -2.07. The summed E-state index contributed by atoms with van der Waals surface area (Å²) in [5.41, 5.74) is 6.85. The summed E-state index contributed by atoms with van der Waals surface area (Å²) in [4.78, 5) is 22.7. The number of hydrogen-bond acceptors (Lipinski definition) is 3. The van der Waals surface area contributed by atoms with Crippen molar-refractivity contribution in [3.63, 3.8) is 0 Å². The van der Waals surface area contributed by atoms with Crippen molar-refractivity contribution in [2.24, 2.45) is 10.7 Å². The lowest BCUT2D eigenvalue weighted by atomic mass is 10.2. The third kappa shape index (κ3) is 3.36. The van der Waals surface area contributed by atoms with Crippen molar-refractivity contribution in [1.29, 1.82) is 0 Å². The zero-order valence-corrected chi connectivity index (χ0v) is 13.4. The van der Waals surface area contributed by atoms with E-state index in [1.807, 2.05) is 6.92 Å². The van der Waals surface area contributed by atoms with Gasteiger partial charge in [0.05, 0.1) is 16.6 Å². The van der Waals surface area contributed by atoms with Gasteiger partial charge in [0.25, 0.3) is 5.56 Å². The highest BCUT2D eigenvalue weighted by Crippen LogP contribution is 2.17. The molecule has 0 unspecified atom stereocenters. The second-order valence-corrected chi connectivity index (χ2v) is 5.59. The number of hydrogen-bond donors (Lipinski definition) is 3. The first-order valence-corrected chi connectivity index (χ1v) is 7.37. The minimum Gasteiger partial charge on any atom is -0.369 e. The van der Waals surface area contributed by atoms with Gasteiger partial charge in [0.15, 0.2) is 0 Å². The first-order chi connectivity index (χ1) is 11.4. The lowest BCUT2D eigenvalue weighted by Crippen LogP contribution is -2.23. The summed E-state index contributed by atoms with van der Waals surface area (Å²) in [7, 11) is 0. The number of nitrogens with one attached hydrogen (secondary N) is 2. The van der Waals surface area contributed by atoms with Gasteiger partial charge in [0.2, 0.25) is 11.9 Å². The quantitative estimate of drug-likeness (QED) is 0.491. The third-order valence-corrected chi connectivity index (χ3v) is 3.50. The average Bonchev–Trinajstić information content (AvgIpc) is 2.52. The van der Waals surface area contributed by atoms with E-state index in [2.05, 4.69) is 20.3 Å². The first-order valence-electron chi connectivity index (χ1n) is 6.99. The van der Waals surface area contributed by atoms with Gasteiger partial charge in [-0.1, -0.05) is 17.7 Å². The molecule has 0 spiro atoms. The Morgan fingerprint density at radius 1 is 1.33 bits per heavy atom. The Hall–Kier alpha value is -2.93. The molecule has 0 fully saturated rings. The molecule has 0 aliphatic carbocycles. The zero-order chi connectivity index (χ0) is 17.3. The van der Waals surface area contributed by atoms with Crippen LogP contribution in [0.3, 0.4) is 0 Å². The number of aromatic amines is 1. The smallest absolute Gasteiger partial charge is 0.260 e. The van der Waals surface area contributed by atoms with Gasteiger partial charge in [-0.2, -0.15) is 4.99 Å². The summed E-state index contributed by atoms with van der Waals surface area (Å²) in [6.07, 6.45) is 0. The van der Waals surface area contributed by atoms with Gasteiger partial charge in [0.1, 0.15) is 5.82 Å². The fourth-order valence-corrected chi connectivity index (χ4v) is 2.34. The van der Waals surface area contributed by atoms with Crippen LogP contribution < -0.4 is 16.6 Å². The van der Waals surface area contributed by atoms with E-state index in [4.69, 9.17) is 17.3 Å². The highest BCUT2D eigenvalue weighted by atomic mass is 35.5. The maximum Gasteiger partial charge on any atom is 0.260 e. The van der Waals surface area contributed by atoms with Crippen molar-refractivity contribution in [2.75, 3.05) is 5.32 Å². The molecule has 0 saturated heterocycles. The fraction of sp³-hybridized carbons (Fsp3) is 0.0625. The molecule has 0 amide bonds. The average molecular weight is 346 g/mol. The number of halogens is 2. The molecule has 24 heavy (non-hydrogen) atoms. The van der Waals surface area contributed by atoms with Crippen LogP contribution in [-0.4, -0.2) is 15.9 Å². The van der Waals surface area contributed by atoms with Crippen LogP contribution in [0.15, 0.2) is 46.2 Å². The largest absolute Gasteiger partial charge is 0.369 e. The Morgan fingerprint density at radius 2 is 2.12 bits per heavy atom. The molecule has 6 nitrogen and oxygen atoms in total. The van der Waals surface area contributed by atoms with Crippen LogP contribution in [0.25, 0.3) is 10.9 Å². The number of H-pyrrole nitrogens is 1. The van der Waals surface area contributed by atoms with E-state index >= 15 is 0 Å². The second kappa shape index (κ2) is 6.29. The van der Waals surface area contributed by atoms with Gasteiger partial charge in [-0.3, -0.25) is 9.78 Å². The van der Waals surface area contributed by atoms with E-state index in [0.29, 0.717) is 15.9 Å². The van der Waals surface area contributed by atoms with E-state index in [-0.39, 0.29) is 17.6 Å². The first kappa shape index (κ1) is 15.9. The SMILES string of the molecule is Cc1ccc(F)c(N/C(N)=N/c2nc3ccc(Cl)cc3c(=O)[nH]2)c1. The van der Waals surface area contributed by atoms with Crippen LogP contribution in [0, 0.1) is 12.7 Å². The Morgan fingerprint density at radius 3 is 2.92 bits per heavy atom. The monoisotopic (exact) mass is 345 g/mol. The molecule has 3 rings (SSSR count). The number of benzene rings is 2. The Balaban J connectivity index is 1.95. The van der Waals surface area contributed by atoms with Crippen LogP contribution in [0.2, 0.25) is 5.02 Å². The summed E-state index contributed by atoms with van der Waals surface area (Å²) >= 11 is 5.86. The molecule has 122 valence electrons. The summed E-state index contributed by atoms with van der Waals surface area (Å²) in [6, 6.07) is 9.30. The third-order valence-electron chi connectivity index (χ3n) is 3.27. The van der Waals surface area contributed by atoms with E-state index < -0.39 is 11.4 Å². The van der Waals surface area contributed by atoms with E-state index in [1.54, 1.807) is 24.3 Å². The molecule has 2 aromatic carbocycles. The molecule has 1 heterocycles. The van der Waals surface area contributed by atoms with Gasteiger partial charge in [0, 0.05) is 5.02 Å². The number of guanidine groups is 1. The number of anilines is 1. The maximum absolute atomic E-state index is 13.7. The summed E-state index contributed by atoms with van der Waals surface area (Å²) in [6.45, 7) is 1.82. The number of aliphatic imine (C=N–C) groups is 1. The fourth-order valence-electron chi connectivity index (χ4n) is 2.17. The zero-order valence-electron chi connectivity index (χ0n) is 12.6. The molecular weight excluding hydrogens is 333 g/mol. The number of rotatable bonds is 2. The van der Waals surface area contributed by atoms with Crippen molar-refractivity contribution in [3.05, 3.63) is 63.2 Å². The van der Waals surface area contributed by atoms with Crippen molar-refractivity contribution in [3.8, 4) is 0 Å². The Kier molecular flexibility index (Phi) is 4.18. The number of nitrogens with zero attached hydrogens (tertiary/aromatic N) is 2. The van der Waals surface area contributed by atoms with Crippen LogP contribution in [-0.2, 0) is 0 Å². The van der Waals surface area contributed by atoms with E-state index in [1.165, 1.54) is 12.1 Å². The molecule has 0 aliphatic heterocycles. The molecule has 0 radical (unpaired) electrons. The predicted molar refractivity (Wildman–Crippen MR) is 93.4 cm³/mol. The normalized spacial score (nSPS) is 11.7. The second-order valence-electron chi connectivity index (χ2n) is 5.16. The number of nitrogens with two attached hydrogens (primary N) is 1. The molecule has 8 heteroatoms.